The van der Waals surface area contributed by atoms with Crippen molar-refractivity contribution >= 4 is 12.1 Å². The first-order valence-electron chi connectivity index (χ1n) is 8.67. The second-order valence-electron chi connectivity index (χ2n) is 7.01. The summed E-state index contributed by atoms with van der Waals surface area (Å²) < 4.78 is 10.3. The standard InChI is InChI=1S/C18H26N4O4/c1-6-18(20-16(24)26-17(3,4)5)11-9-8-10-12(18)13-19-14(22-21-13)15(23)25-7-2/h8-12H,6-7H2,1-5H3,(H,20,24)(H,19,21,22)/t12?,18-/m0/s1. The second kappa shape index (κ2) is 7.72. The van der Waals surface area contributed by atoms with E-state index in [1.807, 2.05) is 31.2 Å². The predicted molar refractivity (Wildman–Crippen MR) is 95.8 cm³/mol. The van der Waals surface area contributed by atoms with Gasteiger partial charge in [-0.25, -0.2) is 14.6 Å². The van der Waals surface area contributed by atoms with E-state index in [2.05, 4.69) is 20.5 Å². The summed E-state index contributed by atoms with van der Waals surface area (Å²) in [6.45, 7) is 9.33. The first kappa shape index (κ1) is 19.7. The molecule has 1 heterocycles. The molecule has 0 aromatic carbocycles. The summed E-state index contributed by atoms with van der Waals surface area (Å²) >= 11 is 0. The Hall–Kier alpha value is -2.64. The number of nitrogens with zero attached hydrogens (tertiary/aromatic N) is 2. The molecule has 0 aliphatic heterocycles. The van der Waals surface area contributed by atoms with E-state index in [1.54, 1.807) is 27.7 Å². The number of ether oxygens (including phenoxy) is 2. The van der Waals surface area contributed by atoms with Gasteiger partial charge < -0.3 is 14.8 Å². The number of alkyl carbamates (subject to hydrolysis) is 1. The van der Waals surface area contributed by atoms with Crippen LogP contribution < -0.4 is 5.32 Å². The maximum atomic E-state index is 12.4. The maximum absolute atomic E-state index is 12.4. The van der Waals surface area contributed by atoms with Gasteiger partial charge in [0.1, 0.15) is 11.4 Å². The molecule has 1 aliphatic carbocycles. The third-order valence-corrected chi connectivity index (χ3v) is 3.94. The molecule has 1 aromatic heterocycles. The van der Waals surface area contributed by atoms with Gasteiger partial charge in [0.05, 0.1) is 18.1 Å². The number of H-pyrrole nitrogens is 1. The van der Waals surface area contributed by atoms with Crippen molar-refractivity contribution in [2.24, 2.45) is 0 Å². The predicted octanol–water partition coefficient (Wildman–Crippen LogP) is 2.86. The minimum atomic E-state index is -0.747. The van der Waals surface area contributed by atoms with Gasteiger partial charge in [-0.1, -0.05) is 31.2 Å². The highest BCUT2D eigenvalue weighted by Crippen LogP contribution is 2.35. The van der Waals surface area contributed by atoms with E-state index in [0.29, 0.717) is 12.2 Å². The first-order chi connectivity index (χ1) is 12.2. The lowest BCUT2D eigenvalue weighted by atomic mass is 9.78. The Morgan fingerprint density at radius 1 is 1.31 bits per heavy atom. The molecule has 0 bridgehead atoms. The molecular weight excluding hydrogens is 336 g/mol. The van der Waals surface area contributed by atoms with Crippen LogP contribution >= 0.6 is 0 Å². The van der Waals surface area contributed by atoms with E-state index < -0.39 is 23.2 Å². The van der Waals surface area contributed by atoms with Gasteiger partial charge in [-0.05, 0) is 34.1 Å². The van der Waals surface area contributed by atoms with Crippen LogP contribution in [-0.4, -0.2) is 45.0 Å². The number of aromatic nitrogens is 3. The van der Waals surface area contributed by atoms with Gasteiger partial charge in [0, 0.05) is 0 Å². The fourth-order valence-electron chi connectivity index (χ4n) is 2.75. The van der Waals surface area contributed by atoms with Crippen LogP contribution in [0.4, 0.5) is 4.79 Å². The number of aromatic amines is 1. The molecule has 2 rings (SSSR count). The van der Waals surface area contributed by atoms with Crippen LogP contribution in [0.15, 0.2) is 24.3 Å². The van der Waals surface area contributed by atoms with Crippen LogP contribution in [0.5, 0.6) is 0 Å². The molecule has 2 N–H and O–H groups in total. The minimum Gasteiger partial charge on any atom is -0.460 e. The summed E-state index contributed by atoms with van der Waals surface area (Å²) in [5, 5.41) is 9.67. The normalized spacial score (nSPS) is 22.1. The minimum absolute atomic E-state index is 0.0351. The summed E-state index contributed by atoms with van der Waals surface area (Å²) in [5.74, 6) is -0.494. The molecule has 8 nitrogen and oxygen atoms in total. The number of nitrogens with one attached hydrogen (secondary N) is 2. The van der Waals surface area contributed by atoms with Gasteiger partial charge in [-0.15, -0.1) is 5.10 Å². The third-order valence-electron chi connectivity index (χ3n) is 3.94. The zero-order valence-corrected chi connectivity index (χ0v) is 15.8. The molecule has 142 valence electrons. The molecule has 1 amide bonds. The fourth-order valence-corrected chi connectivity index (χ4v) is 2.75. The zero-order valence-electron chi connectivity index (χ0n) is 15.8. The maximum Gasteiger partial charge on any atom is 0.408 e. The molecule has 26 heavy (non-hydrogen) atoms. The number of carbonyl (C=O) groups excluding carboxylic acids is 2. The van der Waals surface area contributed by atoms with E-state index in [0.717, 1.165) is 0 Å². The second-order valence-corrected chi connectivity index (χ2v) is 7.01. The molecule has 0 saturated carbocycles. The molecule has 8 heteroatoms. The molecule has 0 radical (unpaired) electrons. The van der Waals surface area contributed by atoms with Crippen molar-refractivity contribution in [1.82, 2.24) is 20.5 Å². The molecule has 0 spiro atoms. The molecule has 0 fully saturated rings. The van der Waals surface area contributed by atoms with E-state index in [9.17, 15) is 9.59 Å². The van der Waals surface area contributed by atoms with Crippen molar-refractivity contribution in [3.8, 4) is 0 Å². The number of esters is 1. The van der Waals surface area contributed by atoms with Crippen molar-refractivity contribution in [2.45, 2.75) is 58.1 Å². The SMILES string of the molecule is CCOC(=O)c1n[nH]c(C2C=CC=C[C@]2(CC)NC(=O)OC(C)(C)C)n1. The number of rotatable bonds is 5. The topological polar surface area (TPSA) is 106 Å². The van der Waals surface area contributed by atoms with Crippen molar-refractivity contribution < 1.29 is 19.1 Å². The summed E-state index contributed by atoms with van der Waals surface area (Å²) in [6.07, 6.45) is 7.59. The molecule has 0 saturated heterocycles. The molecule has 2 atom stereocenters. The van der Waals surface area contributed by atoms with Crippen LogP contribution in [0.3, 0.4) is 0 Å². The lowest BCUT2D eigenvalue weighted by molar-refractivity contribution is 0.0462. The van der Waals surface area contributed by atoms with Crippen molar-refractivity contribution in [3.05, 3.63) is 36.0 Å². The Labute approximate surface area is 153 Å². The van der Waals surface area contributed by atoms with Gasteiger partial charge >= 0.3 is 12.1 Å². The summed E-state index contributed by atoms with van der Waals surface area (Å²) in [4.78, 5) is 28.4. The average Bonchev–Trinajstić information content (AvgIpc) is 3.03. The van der Waals surface area contributed by atoms with Crippen LogP contribution in [0.25, 0.3) is 0 Å². The highest BCUT2D eigenvalue weighted by Gasteiger charge is 2.40. The third kappa shape index (κ3) is 4.50. The van der Waals surface area contributed by atoms with Gasteiger partial charge in [-0.2, -0.15) is 0 Å². The van der Waals surface area contributed by atoms with Crippen molar-refractivity contribution in [1.29, 1.82) is 0 Å². The smallest absolute Gasteiger partial charge is 0.408 e. The van der Waals surface area contributed by atoms with Crippen molar-refractivity contribution in [3.63, 3.8) is 0 Å². The summed E-state index contributed by atoms with van der Waals surface area (Å²) in [6, 6.07) is 0. The lowest BCUT2D eigenvalue weighted by Gasteiger charge is -2.38. The van der Waals surface area contributed by atoms with E-state index in [-0.39, 0.29) is 18.3 Å². The van der Waals surface area contributed by atoms with Crippen molar-refractivity contribution in [2.75, 3.05) is 6.61 Å². The molecule has 1 unspecified atom stereocenters. The van der Waals surface area contributed by atoms with Gasteiger partial charge in [0.15, 0.2) is 0 Å². The molecular formula is C18H26N4O4. The average molecular weight is 362 g/mol. The van der Waals surface area contributed by atoms with Crippen LogP contribution in [0.1, 0.15) is 63.4 Å². The number of allylic oxidation sites excluding steroid dienone is 2. The Bertz CT molecular complexity index is 717. The molecule has 1 aliphatic rings. The quantitative estimate of drug-likeness (QED) is 0.780. The monoisotopic (exact) mass is 362 g/mol. The van der Waals surface area contributed by atoms with Crippen LogP contribution in [0.2, 0.25) is 0 Å². The molecule has 1 aromatic rings. The summed E-state index contributed by atoms with van der Waals surface area (Å²) in [5.41, 5.74) is -1.35. The Balaban J connectivity index is 2.27. The van der Waals surface area contributed by atoms with Gasteiger partial charge in [0.25, 0.3) is 5.82 Å². The summed E-state index contributed by atoms with van der Waals surface area (Å²) in [7, 11) is 0. The largest absolute Gasteiger partial charge is 0.460 e. The van der Waals surface area contributed by atoms with Crippen LogP contribution in [-0.2, 0) is 9.47 Å². The first-order valence-corrected chi connectivity index (χ1v) is 8.67. The van der Waals surface area contributed by atoms with Gasteiger partial charge in [0.2, 0.25) is 0 Å². The number of amides is 1. The van der Waals surface area contributed by atoms with Gasteiger partial charge in [-0.3, -0.25) is 5.10 Å². The fraction of sp³-hybridized carbons (Fsp3) is 0.556. The van der Waals surface area contributed by atoms with E-state index in [1.165, 1.54) is 0 Å². The van der Waals surface area contributed by atoms with Crippen LogP contribution in [0, 0.1) is 0 Å². The Morgan fingerprint density at radius 3 is 2.65 bits per heavy atom. The number of hydrogen-bond donors (Lipinski definition) is 2. The highest BCUT2D eigenvalue weighted by atomic mass is 16.6. The lowest BCUT2D eigenvalue weighted by Crippen LogP contribution is -2.52. The Kier molecular flexibility index (Phi) is 5.84. The van der Waals surface area contributed by atoms with E-state index in [4.69, 9.17) is 9.47 Å². The number of hydrogen-bond acceptors (Lipinski definition) is 6. The van der Waals surface area contributed by atoms with E-state index >= 15 is 0 Å². The highest BCUT2D eigenvalue weighted by molar-refractivity contribution is 5.85. The zero-order chi connectivity index (χ0) is 19.4. The Morgan fingerprint density at radius 2 is 2.04 bits per heavy atom. The number of carbonyl (C=O) groups is 2.